The first-order chi connectivity index (χ1) is 13.2. The lowest BCUT2D eigenvalue weighted by atomic mass is 9.73. The van der Waals surface area contributed by atoms with Gasteiger partial charge in [-0.2, -0.15) is 0 Å². The van der Waals surface area contributed by atoms with E-state index in [-0.39, 0.29) is 11.8 Å². The summed E-state index contributed by atoms with van der Waals surface area (Å²) >= 11 is 0. The molecule has 1 aliphatic carbocycles. The van der Waals surface area contributed by atoms with Crippen LogP contribution in [0, 0.1) is 5.92 Å². The van der Waals surface area contributed by atoms with Crippen molar-refractivity contribution < 1.29 is 13.6 Å². The van der Waals surface area contributed by atoms with Gasteiger partial charge in [-0.25, -0.2) is 0 Å². The predicted octanol–water partition coefficient (Wildman–Crippen LogP) is 6.45. The Hall–Kier alpha value is -1.70. The highest BCUT2D eigenvalue weighted by molar-refractivity contribution is 5.53. The van der Waals surface area contributed by atoms with Crippen molar-refractivity contribution in [2.45, 2.75) is 65.1 Å². The molecule has 2 nitrogen and oxygen atoms in total. The first-order valence-electron chi connectivity index (χ1n) is 10.8. The van der Waals surface area contributed by atoms with E-state index in [9.17, 15) is 0 Å². The van der Waals surface area contributed by atoms with Crippen LogP contribution in [-0.4, -0.2) is 14.2 Å². The minimum absolute atomic E-state index is 0.115. The van der Waals surface area contributed by atoms with Crippen molar-refractivity contribution in [1.82, 2.24) is 0 Å². The van der Waals surface area contributed by atoms with Crippen molar-refractivity contribution in [1.29, 1.82) is 0 Å². The zero-order valence-corrected chi connectivity index (χ0v) is 16.2. The van der Waals surface area contributed by atoms with Crippen LogP contribution in [-0.2, 0) is 6.42 Å². The normalized spacial score (nSPS) is 22.4. The van der Waals surface area contributed by atoms with Gasteiger partial charge in [-0.05, 0) is 63.1 Å². The fourth-order valence-corrected chi connectivity index (χ4v) is 3.79. The molecule has 0 heterocycles. The second-order valence-electron chi connectivity index (χ2n) is 7.08. The van der Waals surface area contributed by atoms with E-state index in [1.807, 2.05) is 0 Å². The van der Waals surface area contributed by atoms with Gasteiger partial charge in [0.15, 0.2) is 0 Å². The van der Waals surface area contributed by atoms with Crippen molar-refractivity contribution in [3.8, 4) is 11.5 Å². The molecular weight excluding hydrogens is 308 g/mol. The molecule has 1 aliphatic rings. The standard InChI is InChI=1S/C23H34O2/c1-7-8-9-10-18-14-21(24-5)23(22(15-18)25-6)20-13-17(4)11-12-19(20)16(2)3/h13-15,19-20H,2,7-12H2,1,3-6H3/t19-,20+/m0/s1/i3D3. The molecule has 2 heteroatoms. The van der Waals surface area contributed by atoms with Gasteiger partial charge >= 0.3 is 0 Å². The van der Waals surface area contributed by atoms with Gasteiger partial charge in [-0.3, -0.25) is 0 Å². The van der Waals surface area contributed by atoms with Crippen LogP contribution < -0.4 is 9.47 Å². The van der Waals surface area contributed by atoms with Crippen molar-refractivity contribution in [3.63, 3.8) is 0 Å². The summed E-state index contributed by atoms with van der Waals surface area (Å²) in [5, 5.41) is 0. The van der Waals surface area contributed by atoms with Gasteiger partial charge in [0.05, 0.1) is 14.2 Å². The molecule has 0 saturated heterocycles. The summed E-state index contributed by atoms with van der Waals surface area (Å²) < 4.78 is 35.1. The van der Waals surface area contributed by atoms with Crippen LogP contribution in [0.3, 0.4) is 0 Å². The fourth-order valence-electron chi connectivity index (χ4n) is 3.79. The molecular formula is C23H34O2. The molecule has 0 amide bonds. The van der Waals surface area contributed by atoms with Crippen LogP contribution in [0.5, 0.6) is 11.5 Å². The zero-order chi connectivity index (χ0) is 20.9. The van der Waals surface area contributed by atoms with E-state index in [1.165, 1.54) is 24.0 Å². The van der Waals surface area contributed by atoms with Gasteiger partial charge in [-0.15, -0.1) is 0 Å². The van der Waals surface area contributed by atoms with E-state index in [0.29, 0.717) is 5.57 Å². The van der Waals surface area contributed by atoms with E-state index in [0.717, 1.165) is 42.7 Å². The number of aryl methyl sites for hydroxylation is 1. The first-order valence-corrected chi connectivity index (χ1v) is 9.34. The van der Waals surface area contributed by atoms with Gasteiger partial charge in [-0.1, -0.05) is 43.6 Å². The minimum atomic E-state index is -2.16. The summed E-state index contributed by atoms with van der Waals surface area (Å²) in [6.07, 6.45) is 8.30. The maximum Gasteiger partial charge on any atom is 0.126 e. The summed E-state index contributed by atoms with van der Waals surface area (Å²) in [6.45, 7) is 6.08. The summed E-state index contributed by atoms with van der Waals surface area (Å²) in [7, 11) is 3.34. The number of methoxy groups -OCH3 is 2. The van der Waals surface area contributed by atoms with Crippen LogP contribution in [0.2, 0.25) is 0 Å². The van der Waals surface area contributed by atoms with Crippen LogP contribution in [0.1, 0.15) is 74.0 Å². The third kappa shape index (κ3) is 4.68. The lowest BCUT2D eigenvalue weighted by Gasteiger charge is -2.32. The Bertz CT molecular complexity index is 694. The third-order valence-electron chi connectivity index (χ3n) is 5.20. The monoisotopic (exact) mass is 345 g/mol. The van der Waals surface area contributed by atoms with Crippen molar-refractivity contribution in [3.05, 3.63) is 47.1 Å². The van der Waals surface area contributed by atoms with Crippen molar-refractivity contribution in [2.75, 3.05) is 14.2 Å². The lowest BCUT2D eigenvalue weighted by molar-refractivity contribution is 0.368. The van der Waals surface area contributed by atoms with Gasteiger partial charge in [0.25, 0.3) is 0 Å². The zero-order valence-electron chi connectivity index (χ0n) is 19.2. The number of ether oxygens (including phenoxy) is 2. The third-order valence-corrected chi connectivity index (χ3v) is 5.20. The van der Waals surface area contributed by atoms with E-state index in [2.05, 4.69) is 38.6 Å². The van der Waals surface area contributed by atoms with E-state index in [4.69, 9.17) is 13.6 Å². The SMILES string of the molecule is [2H]C([2H])([2H])C(=C)[C@@H]1CCC(C)=C[C@H]1c1c(OC)cc(CCCCC)cc1OC. The predicted molar refractivity (Wildman–Crippen MR) is 107 cm³/mol. The molecule has 2 rings (SSSR count). The minimum Gasteiger partial charge on any atom is -0.496 e. The summed E-state index contributed by atoms with van der Waals surface area (Å²) in [5.74, 6) is 1.26. The molecule has 0 aromatic heterocycles. The maximum atomic E-state index is 7.85. The molecule has 0 unspecified atom stereocenters. The summed E-state index contributed by atoms with van der Waals surface area (Å²) in [6, 6.07) is 4.17. The number of hydrogen-bond acceptors (Lipinski definition) is 2. The molecule has 0 fully saturated rings. The molecule has 0 saturated carbocycles. The van der Waals surface area contributed by atoms with E-state index >= 15 is 0 Å². The Morgan fingerprint density at radius 1 is 1.24 bits per heavy atom. The second kappa shape index (κ2) is 9.12. The van der Waals surface area contributed by atoms with Crippen LogP contribution >= 0.6 is 0 Å². The molecule has 1 aromatic rings. The highest BCUT2D eigenvalue weighted by Gasteiger charge is 2.30. The van der Waals surface area contributed by atoms with Gasteiger partial charge in [0.1, 0.15) is 11.5 Å². The Labute approximate surface area is 158 Å². The Morgan fingerprint density at radius 2 is 1.92 bits per heavy atom. The lowest BCUT2D eigenvalue weighted by Crippen LogP contribution is -2.18. The number of hydrogen-bond donors (Lipinski definition) is 0. The summed E-state index contributed by atoms with van der Waals surface area (Å²) in [5.41, 5.74) is 3.69. The molecule has 138 valence electrons. The second-order valence-corrected chi connectivity index (χ2v) is 7.08. The molecule has 0 N–H and O–H groups in total. The molecule has 25 heavy (non-hydrogen) atoms. The van der Waals surface area contributed by atoms with Gasteiger partial charge in [0, 0.05) is 15.6 Å². The highest BCUT2D eigenvalue weighted by atomic mass is 16.5. The fraction of sp³-hybridized carbons (Fsp3) is 0.565. The highest BCUT2D eigenvalue weighted by Crippen LogP contribution is 2.47. The topological polar surface area (TPSA) is 18.5 Å². The molecule has 2 atom stereocenters. The average Bonchev–Trinajstić information content (AvgIpc) is 2.66. The number of allylic oxidation sites excluding steroid dienone is 3. The van der Waals surface area contributed by atoms with E-state index < -0.39 is 6.85 Å². The first kappa shape index (κ1) is 15.5. The largest absolute Gasteiger partial charge is 0.496 e. The molecule has 1 aromatic carbocycles. The Kier molecular flexibility index (Phi) is 5.67. The average molecular weight is 346 g/mol. The van der Waals surface area contributed by atoms with Crippen molar-refractivity contribution in [2.24, 2.45) is 5.92 Å². The maximum absolute atomic E-state index is 7.85. The number of benzene rings is 1. The molecule has 0 radical (unpaired) electrons. The molecule has 0 spiro atoms. The van der Waals surface area contributed by atoms with Gasteiger partial charge in [0.2, 0.25) is 0 Å². The summed E-state index contributed by atoms with van der Waals surface area (Å²) in [4.78, 5) is 0. The smallest absolute Gasteiger partial charge is 0.126 e. The van der Waals surface area contributed by atoms with Crippen LogP contribution in [0.25, 0.3) is 0 Å². The molecule has 0 bridgehead atoms. The van der Waals surface area contributed by atoms with E-state index in [1.54, 1.807) is 14.2 Å². The van der Waals surface area contributed by atoms with Crippen molar-refractivity contribution >= 4 is 0 Å². The molecule has 0 aliphatic heterocycles. The Balaban J connectivity index is 2.52. The number of rotatable bonds is 8. The van der Waals surface area contributed by atoms with Crippen LogP contribution in [0.4, 0.5) is 0 Å². The quantitative estimate of drug-likeness (QED) is 0.398. The Morgan fingerprint density at radius 3 is 2.48 bits per heavy atom. The van der Waals surface area contributed by atoms with Crippen LogP contribution in [0.15, 0.2) is 35.9 Å². The van der Waals surface area contributed by atoms with Gasteiger partial charge < -0.3 is 9.47 Å². The number of unbranched alkanes of at least 4 members (excludes halogenated alkanes) is 2.